The summed E-state index contributed by atoms with van der Waals surface area (Å²) in [5, 5.41) is 0.648. The number of ether oxygens (including phenoxy) is 1. The number of carbonyl (C=O) groups is 2. The topological polar surface area (TPSA) is 82.3 Å². The quantitative estimate of drug-likeness (QED) is 0.502. The third-order valence-electron chi connectivity index (χ3n) is 3.12. The van der Waals surface area contributed by atoms with Crippen LogP contribution in [0.5, 0.6) is 0 Å². The summed E-state index contributed by atoms with van der Waals surface area (Å²) in [6, 6.07) is 8.53. The van der Waals surface area contributed by atoms with Gasteiger partial charge in [0.25, 0.3) is 0 Å². The second-order valence-electron chi connectivity index (χ2n) is 5.24. The minimum Gasteiger partial charge on any atom is -0.432 e. The van der Waals surface area contributed by atoms with Gasteiger partial charge in [0.2, 0.25) is 5.72 Å². The number of carbonyl (C=O) groups excluding carboxylic acids is 2. The van der Waals surface area contributed by atoms with E-state index >= 15 is 0 Å². The first-order valence-corrected chi connectivity index (χ1v) is 7.73. The maximum Gasteiger partial charge on any atom is 0.315 e. The van der Waals surface area contributed by atoms with E-state index < -0.39 is 11.7 Å². The van der Waals surface area contributed by atoms with E-state index in [2.05, 4.69) is 18.8 Å². The molecule has 0 bridgehead atoms. The maximum absolute atomic E-state index is 12.0. The van der Waals surface area contributed by atoms with E-state index in [0.717, 1.165) is 4.88 Å². The fourth-order valence-corrected chi connectivity index (χ4v) is 2.78. The molecule has 0 unspecified atom stereocenters. The fourth-order valence-electron chi connectivity index (χ4n) is 1.87. The lowest BCUT2D eigenvalue weighted by Gasteiger charge is -2.23. The van der Waals surface area contributed by atoms with Crippen LogP contribution in [0.15, 0.2) is 36.5 Å². The lowest BCUT2D eigenvalue weighted by Crippen LogP contribution is -2.43. The summed E-state index contributed by atoms with van der Waals surface area (Å²) in [5.74, 6) is -0.224. The molecule has 0 spiro atoms. The number of benzene rings is 1. The first-order chi connectivity index (χ1) is 10.4. The largest absolute Gasteiger partial charge is 0.432 e. The Labute approximate surface area is 133 Å². The highest BCUT2D eigenvalue weighted by Gasteiger charge is 2.31. The van der Waals surface area contributed by atoms with Crippen LogP contribution in [-0.2, 0) is 26.5 Å². The third-order valence-corrected chi connectivity index (χ3v) is 4.42. The molecule has 0 aliphatic heterocycles. The van der Waals surface area contributed by atoms with Gasteiger partial charge in [-0.15, -0.1) is 11.3 Å². The highest BCUT2D eigenvalue weighted by atomic mass is 32.1. The molecule has 0 amide bonds. The van der Waals surface area contributed by atoms with Gasteiger partial charge in [0.15, 0.2) is 6.29 Å². The van der Waals surface area contributed by atoms with Crippen molar-refractivity contribution in [3.63, 3.8) is 0 Å². The summed E-state index contributed by atoms with van der Waals surface area (Å²) in [5.41, 5.74) is 4.56. The molecule has 6 heteroatoms. The molecular formula is C16H18N2O3S. The fraction of sp³-hybridized carbons (Fsp3) is 0.312. The van der Waals surface area contributed by atoms with Crippen LogP contribution in [0.4, 0.5) is 0 Å². The predicted octanol–water partition coefficient (Wildman–Crippen LogP) is 2.36. The molecule has 2 rings (SSSR count). The number of hydrogen-bond donors (Lipinski definition) is 1. The van der Waals surface area contributed by atoms with Crippen LogP contribution in [0.2, 0.25) is 0 Å². The minimum atomic E-state index is -1.77. The van der Waals surface area contributed by atoms with Crippen LogP contribution < -0.4 is 5.73 Å². The van der Waals surface area contributed by atoms with Crippen molar-refractivity contribution in [2.24, 2.45) is 5.73 Å². The molecule has 1 atom stereocenters. The molecule has 116 valence electrons. The summed E-state index contributed by atoms with van der Waals surface area (Å²) in [4.78, 5) is 28.6. The zero-order valence-corrected chi connectivity index (χ0v) is 13.3. The molecule has 0 saturated carbocycles. The highest BCUT2D eigenvalue weighted by molar-refractivity contribution is 7.11. The van der Waals surface area contributed by atoms with Gasteiger partial charge in [-0.3, -0.25) is 15.3 Å². The summed E-state index contributed by atoms with van der Waals surface area (Å²) in [6.45, 7) is 4.12. The Balaban J connectivity index is 2.07. The Hall–Kier alpha value is -2.05. The van der Waals surface area contributed by atoms with Gasteiger partial charge in [0, 0.05) is 16.6 Å². The monoisotopic (exact) mass is 318 g/mol. The summed E-state index contributed by atoms with van der Waals surface area (Å²) >= 11 is 1.46. The molecule has 22 heavy (non-hydrogen) atoms. The van der Waals surface area contributed by atoms with E-state index in [1.807, 2.05) is 0 Å². The van der Waals surface area contributed by atoms with Crippen LogP contribution in [0, 0.1) is 0 Å². The normalized spacial score (nSPS) is 13.6. The van der Waals surface area contributed by atoms with Crippen LogP contribution in [0.25, 0.3) is 0 Å². The predicted molar refractivity (Wildman–Crippen MR) is 84.4 cm³/mol. The molecule has 0 aliphatic carbocycles. The zero-order chi connectivity index (χ0) is 16.2. The molecule has 0 radical (unpaired) electrons. The lowest BCUT2D eigenvalue weighted by atomic mass is 10.1. The highest BCUT2D eigenvalue weighted by Crippen LogP contribution is 2.23. The molecule has 0 saturated heterocycles. The van der Waals surface area contributed by atoms with Gasteiger partial charge in [-0.25, -0.2) is 4.98 Å². The molecule has 0 aliphatic rings. The number of aldehydes is 1. The van der Waals surface area contributed by atoms with Gasteiger partial charge >= 0.3 is 5.97 Å². The smallest absolute Gasteiger partial charge is 0.315 e. The molecule has 0 fully saturated rings. The lowest BCUT2D eigenvalue weighted by molar-refractivity contribution is -0.163. The molecule has 5 nitrogen and oxygen atoms in total. The number of esters is 1. The number of nitrogens with zero attached hydrogens (tertiary/aromatic N) is 1. The first kappa shape index (κ1) is 16.3. The van der Waals surface area contributed by atoms with Crippen molar-refractivity contribution in [1.29, 1.82) is 0 Å². The molecule has 2 N–H and O–H groups in total. The Morgan fingerprint density at radius 2 is 2.09 bits per heavy atom. The molecule has 1 heterocycles. The van der Waals surface area contributed by atoms with Crippen molar-refractivity contribution >= 4 is 23.6 Å². The van der Waals surface area contributed by atoms with Gasteiger partial charge in [0.05, 0.1) is 6.42 Å². The average molecular weight is 318 g/mol. The Morgan fingerprint density at radius 1 is 1.41 bits per heavy atom. The van der Waals surface area contributed by atoms with E-state index in [1.165, 1.54) is 11.3 Å². The Bertz CT molecular complexity index is 654. The van der Waals surface area contributed by atoms with Crippen LogP contribution in [0.3, 0.4) is 0 Å². The van der Waals surface area contributed by atoms with E-state index in [0.29, 0.717) is 22.8 Å². The number of nitrogens with two attached hydrogens (primary N) is 1. The SMILES string of the molecule is CC(C)c1cnc(CC(=O)O[C@@](N)(C=O)c2ccccc2)s1. The van der Waals surface area contributed by atoms with Gasteiger partial charge in [-0.2, -0.15) is 0 Å². The summed E-state index contributed by atoms with van der Waals surface area (Å²) in [7, 11) is 0. The zero-order valence-electron chi connectivity index (χ0n) is 12.5. The second-order valence-corrected chi connectivity index (χ2v) is 6.39. The minimum absolute atomic E-state index is 0.00297. The third kappa shape index (κ3) is 3.78. The van der Waals surface area contributed by atoms with Crippen molar-refractivity contribution in [1.82, 2.24) is 4.98 Å². The number of hydrogen-bond acceptors (Lipinski definition) is 6. The molecular weight excluding hydrogens is 300 g/mol. The van der Waals surface area contributed by atoms with Gasteiger partial charge < -0.3 is 4.74 Å². The van der Waals surface area contributed by atoms with Crippen LogP contribution in [-0.4, -0.2) is 17.2 Å². The van der Waals surface area contributed by atoms with Crippen molar-refractivity contribution in [3.05, 3.63) is 52.0 Å². The number of aromatic nitrogens is 1. The van der Waals surface area contributed by atoms with Gasteiger partial charge in [-0.05, 0) is 5.92 Å². The molecule has 2 aromatic rings. The van der Waals surface area contributed by atoms with E-state index in [4.69, 9.17) is 10.5 Å². The van der Waals surface area contributed by atoms with Crippen LogP contribution in [0.1, 0.15) is 35.2 Å². The maximum atomic E-state index is 12.0. The van der Waals surface area contributed by atoms with Crippen molar-refractivity contribution in [3.8, 4) is 0 Å². The molecule has 1 aromatic carbocycles. The summed E-state index contributed by atoms with van der Waals surface area (Å²) in [6.07, 6.45) is 2.18. The first-order valence-electron chi connectivity index (χ1n) is 6.92. The van der Waals surface area contributed by atoms with Gasteiger partial charge in [-0.1, -0.05) is 44.2 Å². The van der Waals surface area contributed by atoms with Crippen LogP contribution >= 0.6 is 11.3 Å². The van der Waals surface area contributed by atoms with Crippen molar-refractivity contribution < 1.29 is 14.3 Å². The second kappa shape index (κ2) is 6.81. The van der Waals surface area contributed by atoms with Crippen molar-refractivity contribution in [2.75, 3.05) is 0 Å². The molecule has 1 aromatic heterocycles. The van der Waals surface area contributed by atoms with Gasteiger partial charge in [0.1, 0.15) is 5.01 Å². The van der Waals surface area contributed by atoms with Crippen molar-refractivity contribution in [2.45, 2.75) is 31.9 Å². The Kier molecular flexibility index (Phi) is 5.05. The van der Waals surface area contributed by atoms with E-state index in [-0.39, 0.29) is 6.42 Å². The average Bonchev–Trinajstić information content (AvgIpc) is 2.96. The van der Waals surface area contributed by atoms with E-state index in [9.17, 15) is 9.59 Å². The standard InChI is InChI=1S/C16H18N2O3S/c1-11(2)13-9-18-14(22-13)8-15(20)21-16(17,10-19)12-6-4-3-5-7-12/h3-7,9-11H,8,17H2,1-2H3/t16-/m0/s1. The Morgan fingerprint density at radius 3 is 2.64 bits per heavy atom. The summed E-state index contributed by atoms with van der Waals surface area (Å²) < 4.78 is 5.18. The van der Waals surface area contributed by atoms with E-state index in [1.54, 1.807) is 36.5 Å². The number of rotatable bonds is 6. The number of thiazole rings is 1.